The average molecular weight is 263 g/mol. The number of aromatic nitrogens is 2. The van der Waals surface area contributed by atoms with E-state index in [2.05, 4.69) is 28.2 Å². The number of hydrogen-bond acceptors (Lipinski definition) is 3. The Bertz CT molecular complexity index is 760. The van der Waals surface area contributed by atoms with E-state index in [0.717, 1.165) is 33.3 Å². The third-order valence-corrected chi connectivity index (χ3v) is 3.64. The van der Waals surface area contributed by atoms with Crippen molar-refractivity contribution in [3.8, 4) is 0 Å². The van der Waals surface area contributed by atoms with Gasteiger partial charge in [-0.05, 0) is 36.4 Å². The van der Waals surface area contributed by atoms with Crippen LogP contribution in [0.25, 0.3) is 10.8 Å². The molecule has 1 aromatic carbocycles. The molecule has 3 rings (SSSR count). The number of fused-ring (bicyclic) bond motifs is 1. The quantitative estimate of drug-likeness (QED) is 0.771. The first kappa shape index (κ1) is 12.8. The Kier molecular flexibility index (Phi) is 3.20. The van der Waals surface area contributed by atoms with E-state index >= 15 is 0 Å². The number of benzene rings is 1. The van der Waals surface area contributed by atoms with Gasteiger partial charge in [0.1, 0.15) is 0 Å². The molecular formula is C17H17N3. The SMILES string of the molecule is Cc1ccc(C(N)c2cncc3ccccc23)c(C)n1. The smallest absolute Gasteiger partial charge is 0.0591 e. The maximum absolute atomic E-state index is 6.45. The number of pyridine rings is 2. The van der Waals surface area contributed by atoms with Crippen molar-refractivity contribution in [3.63, 3.8) is 0 Å². The first-order valence-corrected chi connectivity index (χ1v) is 6.69. The third-order valence-electron chi connectivity index (χ3n) is 3.64. The van der Waals surface area contributed by atoms with Crippen LogP contribution in [0.5, 0.6) is 0 Å². The van der Waals surface area contributed by atoms with Gasteiger partial charge in [0.25, 0.3) is 0 Å². The zero-order valence-electron chi connectivity index (χ0n) is 11.7. The molecule has 100 valence electrons. The number of nitrogens with zero attached hydrogens (tertiary/aromatic N) is 2. The number of aryl methyl sites for hydroxylation is 2. The molecule has 0 saturated carbocycles. The normalized spacial score (nSPS) is 12.6. The third kappa shape index (κ3) is 2.17. The van der Waals surface area contributed by atoms with E-state index in [1.165, 1.54) is 0 Å². The van der Waals surface area contributed by atoms with E-state index in [0.29, 0.717) is 0 Å². The highest BCUT2D eigenvalue weighted by atomic mass is 14.7. The lowest BCUT2D eigenvalue weighted by Crippen LogP contribution is -2.15. The molecule has 0 aliphatic heterocycles. The van der Waals surface area contributed by atoms with Gasteiger partial charge in [0, 0.05) is 29.2 Å². The Hall–Kier alpha value is -2.26. The molecule has 1 atom stereocenters. The Morgan fingerprint density at radius 1 is 0.950 bits per heavy atom. The van der Waals surface area contributed by atoms with Gasteiger partial charge in [-0.15, -0.1) is 0 Å². The molecule has 1 unspecified atom stereocenters. The summed E-state index contributed by atoms with van der Waals surface area (Å²) in [6.45, 7) is 3.99. The number of rotatable bonds is 2. The summed E-state index contributed by atoms with van der Waals surface area (Å²) in [4.78, 5) is 8.81. The van der Waals surface area contributed by atoms with Crippen LogP contribution in [0.4, 0.5) is 0 Å². The molecule has 0 spiro atoms. The largest absolute Gasteiger partial charge is 0.320 e. The number of hydrogen-bond donors (Lipinski definition) is 1. The van der Waals surface area contributed by atoms with Crippen LogP contribution in [0.15, 0.2) is 48.8 Å². The highest BCUT2D eigenvalue weighted by Crippen LogP contribution is 2.27. The van der Waals surface area contributed by atoms with Crippen LogP contribution in [0.3, 0.4) is 0 Å². The molecule has 0 fully saturated rings. The Morgan fingerprint density at radius 2 is 1.75 bits per heavy atom. The van der Waals surface area contributed by atoms with Crippen molar-refractivity contribution in [2.75, 3.05) is 0 Å². The molecule has 0 aliphatic rings. The molecule has 0 amide bonds. The Morgan fingerprint density at radius 3 is 2.55 bits per heavy atom. The van der Waals surface area contributed by atoms with Crippen LogP contribution in [0.1, 0.15) is 28.6 Å². The standard InChI is InChI=1S/C17H17N3/c1-11-7-8-14(12(2)20-11)17(18)16-10-19-9-13-5-3-4-6-15(13)16/h3-10,17H,18H2,1-2H3. The molecule has 2 heterocycles. The lowest BCUT2D eigenvalue weighted by atomic mass is 9.95. The van der Waals surface area contributed by atoms with Gasteiger partial charge in [-0.2, -0.15) is 0 Å². The van der Waals surface area contributed by atoms with Crippen molar-refractivity contribution in [2.24, 2.45) is 5.73 Å². The first-order chi connectivity index (χ1) is 9.66. The summed E-state index contributed by atoms with van der Waals surface area (Å²) in [6, 6.07) is 12.0. The predicted molar refractivity (Wildman–Crippen MR) is 81.5 cm³/mol. The van der Waals surface area contributed by atoms with Crippen LogP contribution in [0, 0.1) is 13.8 Å². The topological polar surface area (TPSA) is 51.8 Å². The zero-order valence-corrected chi connectivity index (χ0v) is 11.7. The van der Waals surface area contributed by atoms with Gasteiger partial charge in [0.15, 0.2) is 0 Å². The van der Waals surface area contributed by atoms with E-state index in [1.807, 2.05) is 44.4 Å². The van der Waals surface area contributed by atoms with E-state index in [9.17, 15) is 0 Å². The van der Waals surface area contributed by atoms with Crippen molar-refractivity contribution in [2.45, 2.75) is 19.9 Å². The van der Waals surface area contributed by atoms with Crippen LogP contribution < -0.4 is 5.73 Å². The highest BCUT2D eigenvalue weighted by molar-refractivity contribution is 5.85. The van der Waals surface area contributed by atoms with Gasteiger partial charge >= 0.3 is 0 Å². The highest BCUT2D eigenvalue weighted by Gasteiger charge is 2.15. The van der Waals surface area contributed by atoms with Crippen LogP contribution in [0.2, 0.25) is 0 Å². The van der Waals surface area contributed by atoms with Gasteiger partial charge < -0.3 is 5.73 Å². The minimum absolute atomic E-state index is 0.207. The molecule has 3 nitrogen and oxygen atoms in total. The summed E-state index contributed by atoms with van der Waals surface area (Å²) in [5.74, 6) is 0. The van der Waals surface area contributed by atoms with Gasteiger partial charge in [-0.25, -0.2) is 0 Å². The first-order valence-electron chi connectivity index (χ1n) is 6.69. The van der Waals surface area contributed by atoms with Crippen molar-refractivity contribution in [1.29, 1.82) is 0 Å². The van der Waals surface area contributed by atoms with E-state index in [-0.39, 0.29) is 6.04 Å². The van der Waals surface area contributed by atoms with Crippen molar-refractivity contribution in [3.05, 3.63) is 71.3 Å². The Labute approximate surface area is 118 Å². The van der Waals surface area contributed by atoms with Crippen LogP contribution in [-0.2, 0) is 0 Å². The summed E-state index contributed by atoms with van der Waals surface area (Å²) in [6.07, 6.45) is 3.72. The zero-order chi connectivity index (χ0) is 14.1. The van der Waals surface area contributed by atoms with E-state index in [4.69, 9.17) is 5.73 Å². The van der Waals surface area contributed by atoms with Gasteiger partial charge in [-0.3, -0.25) is 9.97 Å². The van der Waals surface area contributed by atoms with Gasteiger partial charge in [0.2, 0.25) is 0 Å². The second-order valence-corrected chi connectivity index (χ2v) is 5.05. The van der Waals surface area contributed by atoms with Crippen LogP contribution >= 0.6 is 0 Å². The maximum Gasteiger partial charge on any atom is 0.0591 e. The summed E-state index contributed by atoms with van der Waals surface area (Å²) in [7, 11) is 0. The van der Waals surface area contributed by atoms with Crippen molar-refractivity contribution in [1.82, 2.24) is 9.97 Å². The van der Waals surface area contributed by atoms with Gasteiger partial charge in [0.05, 0.1) is 6.04 Å². The molecule has 3 aromatic rings. The molecule has 20 heavy (non-hydrogen) atoms. The monoisotopic (exact) mass is 263 g/mol. The summed E-state index contributed by atoms with van der Waals surface area (Å²) in [5, 5.41) is 2.26. The summed E-state index contributed by atoms with van der Waals surface area (Å²) >= 11 is 0. The second-order valence-electron chi connectivity index (χ2n) is 5.05. The fourth-order valence-corrected chi connectivity index (χ4v) is 2.58. The summed E-state index contributed by atoms with van der Waals surface area (Å²) in [5.41, 5.74) is 10.5. The molecular weight excluding hydrogens is 246 g/mol. The fraction of sp³-hybridized carbons (Fsp3) is 0.176. The van der Waals surface area contributed by atoms with E-state index < -0.39 is 0 Å². The second kappa shape index (κ2) is 5.02. The molecule has 0 bridgehead atoms. The lowest BCUT2D eigenvalue weighted by molar-refractivity contribution is 0.846. The summed E-state index contributed by atoms with van der Waals surface area (Å²) < 4.78 is 0. The molecule has 2 N–H and O–H groups in total. The van der Waals surface area contributed by atoms with Gasteiger partial charge in [-0.1, -0.05) is 30.3 Å². The Balaban J connectivity index is 2.15. The lowest BCUT2D eigenvalue weighted by Gasteiger charge is -2.16. The van der Waals surface area contributed by atoms with Crippen LogP contribution in [-0.4, -0.2) is 9.97 Å². The maximum atomic E-state index is 6.45. The molecule has 0 radical (unpaired) electrons. The number of nitrogens with two attached hydrogens (primary N) is 1. The molecule has 0 saturated heterocycles. The minimum atomic E-state index is -0.207. The predicted octanol–water partition coefficient (Wildman–Crippen LogP) is 3.29. The fourth-order valence-electron chi connectivity index (χ4n) is 2.58. The molecule has 2 aromatic heterocycles. The average Bonchev–Trinajstić information content (AvgIpc) is 2.46. The van der Waals surface area contributed by atoms with Crippen molar-refractivity contribution < 1.29 is 0 Å². The molecule has 0 aliphatic carbocycles. The van der Waals surface area contributed by atoms with E-state index in [1.54, 1.807) is 0 Å². The van der Waals surface area contributed by atoms with Crippen molar-refractivity contribution >= 4 is 10.8 Å². The molecule has 3 heteroatoms. The minimum Gasteiger partial charge on any atom is -0.320 e.